The minimum Gasteiger partial charge on any atom is -0.483 e. The number of rotatable bonds is 7. The number of ether oxygens (including phenoxy) is 2. The molecule has 0 unspecified atom stereocenters. The Hall–Kier alpha value is -2.60. The summed E-state index contributed by atoms with van der Waals surface area (Å²) in [5.74, 6) is 0.134. The second-order valence-electron chi connectivity index (χ2n) is 6.98. The summed E-state index contributed by atoms with van der Waals surface area (Å²) in [7, 11) is 0. The number of pyridine rings is 1. The summed E-state index contributed by atoms with van der Waals surface area (Å²) < 4.78 is 12.9. The minimum absolute atomic E-state index is 0.109. The predicted molar refractivity (Wildman–Crippen MR) is 103 cm³/mol. The van der Waals surface area contributed by atoms with Crippen LogP contribution < -0.4 is 15.5 Å². The normalized spacial score (nSPS) is 16.3. The molecule has 0 spiro atoms. The van der Waals surface area contributed by atoms with Gasteiger partial charge in [0.25, 0.3) is 0 Å². The molecule has 0 bridgehead atoms. The Morgan fingerprint density at radius 2 is 2.07 bits per heavy atom. The van der Waals surface area contributed by atoms with Crippen LogP contribution in [0.15, 0.2) is 41.3 Å². The van der Waals surface area contributed by atoms with Crippen LogP contribution in [0.25, 0.3) is 0 Å². The lowest BCUT2D eigenvalue weighted by Crippen LogP contribution is -2.34. The lowest BCUT2D eigenvalue weighted by molar-refractivity contribution is -0.122. The molecule has 0 saturated carbocycles. The zero-order valence-corrected chi connectivity index (χ0v) is 15.9. The van der Waals surface area contributed by atoms with Crippen molar-refractivity contribution in [3.05, 3.63) is 63.6 Å². The number of amides is 1. The Morgan fingerprint density at radius 3 is 2.78 bits per heavy atom. The van der Waals surface area contributed by atoms with E-state index in [-0.39, 0.29) is 29.7 Å². The highest BCUT2D eigenvalue weighted by Crippen LogP contribution is 2.12. The van der Waals surface area contributed by atoms with Gasteiger partial charge in [-0.15, -0.1) is 0 Å². The second kappa shape index (κ2) is 8.86. The van der Waals surface area contributed by atoms with Gasteiger partial charge in [-0.3, -0.25) is 9.59 Å². The molecule has 1 aliphatic rings. The summed E-state index contributed by atoms with van der Waals surface area (Å²) in [6.45, 7) is 5.56. The monoisotopic (exact) mass is 370 g/mol. The van der Waals surface area contributed by atoms with Gasteiger partial charge >= 0.3 is 0 Å². The van der Waals surface area contributed by atoms with Crippen LogP contribution in [0.2, 0.25) is 0 Å². The standard InChI is InChI=1S/C21H26N2O4/c1-15-5-7-17(8-6-15)14-27-20-12-23(16(2)10-19(20)24)13-21(25)22-11-18-4-3-9-26-18/h5-8,10,12,18H,3-4,9,11,13-14H2,1-2H3,(H,22,25)/t18-/m1/s1. The Bertz CT molecular complexity index is 836. The minimum atomic E-state index is -0.185. The molecule has 3 rings (SSSR count). The van der Waals surface area contributed by atoms with Crippen LogP contribution in [-0.2, 0) is 22.7 Å². The fraction of sp³-hybridized carbons (Fsp3) is 0.429. The number of hydrogen-bond acceptors (Lipinski definition) is 4. The lowest BCUT2D eigenvalue weighted by atomic mass is 10.2. The molecule has 2 heterocycles. The van der Waals surface area contributed by atoms with E-state index in [0.29, 0.717) is 13.2 Å². The molecule has 1 amide bonds. The fourth-order valence-corrected chi connectivity index (χ4v) is 3.02. The van der Waals surface area contributed by atoms with Crippen LogP contribution in [-0.4, -0.2) is 29.7 Å². The zero-order valence-electron chi connectivity index (χ0n) is 15.9. The lowest BCUT2D eigenvalue weighted by Gasteiger charge is -2.15. The number of nitrogens with zero attached hydrogens (tertiary/aromatic N) is 1. The molecule has 1 saturated heterocycles. The summed E-state index contributed by atoms with van der Waals surface area (Å²) in [4.78, 5) is 24.4. The number of carbonyl (C=O) groups is 1. The molecule has 1 aromatic heterocycles. The van der Waals surface area contributed by atoms with Crippen LogP contribution in [0.4, 0.5) is 0 Å². The molecule has 1 fully saturated rings. The van der Waals surface area contributed by atoms with E-state index in [0.717, 1.165) is 30.7 Å². The number of aromatic nitrogens is 1. The van der Waals surface area contributed by atoms with Crippen molar-refractivity contribution in [3.63, 3.8) is 0 Å². The van der Waals surface area contributed by atoms with Crippen molar-refractivity contribution < 1.29 is 14.3 Å². The molecule has 1 aliphatic heterocycles. The van der Waals surface area contributed by atoms with E-state index in [2.05, 4.69) is 5.32 Å². The number of hydrogen-bond donors (Lipinski definition) is 1. The van der Waals surface area contributed by atoms with Crippen molar-refractivity contribution in [2.75, 3.05) is 13.2 Å². The summed E-state index contributed by atoms with van der Waals surface area (Å²) in [5, 5.41) is 2.89. The van der Waals surface area contributed by atoms with E-state index in [1.54, 1.807) is 17.7 Å². The molecule has 0 aliphatic carbocycles. The maximum atomic E-state index is 12.2. The van der Waals surface area contributed by atoms with Crippen molar-refractivity contribution in [2.24, 2.45) is 0 Å². The Morgan fingerprint density at radius 1 is 1.30 bits per heavy atom. The van der Waals surface area contributed by atoms with E-state index < -0.39 is 0 Å². The third kappa shape index (κ3) is 5.44. The molecular formula is C21H26N2O4. The summed E-state index contributed by atoms with van der Waals surface area (Å²) in [6, 6.07) is 9.45. The number of nitrogens with one attached hydrogen (secondary N) is 1. The molecule has 27 heavy (non-hydrogen) atoms. The van der Waals surface area contributed by atoms with E-state index in [4.69, 9.17) is 9.47 Å². The maximum absolute atomic E-state index is 12.2. The highest BCUT2D eigenvalue weighted by molar-refractivity contribution is 5.75. The van der Waals surface area contributed by atoms with Gasteiger partial charge < -0.3 is 19.4 Å². The fourth-order valence-electron chi connectivity index (χ4n) is 3.02. The highest BCUT2D eigenvalue weighted by Gasteiger charge is 2.16. The first-order chi connectivity index (χ1) is 13.0. The average Bonchev–Trinajstić information content (AvgIpc) is 3.16. The van der Waals surface area contributed by atoms with Crippen LogP contribution in [0.3, 0.4) is 0 Å². The van der Waals surface area contributed by atoms with E-state index in [1.807, 2.05) is 31.2 Å². The summed E-state index contributed by atoms with van der Waals surface area (Å²) >= 11 is 0. The summed E-state index contributed by atoms with van der Waals surface area (Å²) in [5.41, 5.74) is 2.69. The molecule has 6 heteroatoms. The third-order valence-electron chi connectivity index (χ3n) is 4.69. The SMILES string of the molecule is Cc1ccc(COc2cn(CC(=O)NC[C@H]3CCCO3)c(C)cc2=O)cc1. The Labute approximate surface area is 159 Å². The van der Waals surface area contributed by atoms with Gasteiger partial charge in [0.2, 0.25) is 11.3 Å². The first kappa shape index (κ1) is 19.2. The number of aryl methyl sites for hydroxylation is 2. The van der Waals surface area contributed by atoms with Gasteiger partial charge in [-0.05, 0) is 32.3 Å². The van der Waals surface area contributed by atoms with Gasteiger partial charge in [-0.25, -0.2) is 0 Å². The van der Waals surface area contributed by atoms with Gasteiger partial charge in [0.15, 0.2) is 5.75 Å². The van der Waals surface area contributed by atoms with Crippen LogP contribution in [0.1, 0.15) is 29.7 Å². The molecular weight excluding hydrogens is 344 g/mol. The zero-order chi connectivity index (χ0) is 19.2. The quantitative estimate of drug-likeness (QED) is 0.812. The molecule has 1 atom stereocenters. The van der Waals surface area contributed by atoms with Crippen molar-refractivity contribution in [3.8, 4) is 5.75 Å². The van der Waals surface area contributed by atoms with E-state index in [9.17, 15) is 9.59 Å². The Balaban J connectivity index is 1.61. The maximum Gasteiger partial charge on any atom is 0.240 e. The van der Waals surface area contributed by atoms with Crippen LogP contribution in [0, 0.1) is 13.8 Å². The highest BCUT2D eigenvalue weighted by atomic mass is 16.5. The van der Waals surface area contributed by atoms with Crippen molar-refractivity contribution in [2.45, 2.75) is 45.9 Å². The van der Waals surface area contributed by atoms with Crippen molar-refractivity contribution in [1.29, 1.82) is 0 Å². The third-order valence-corrected chi connectivity index (χ3v) is 4.69. The largest absolute Gasteiger partial charge is 0.483 e. The topological polar surface area (TPSA) is 69.6 Å². The van der Waals surface area contributed by atoms with Crippen LogP contribution >= 0.6 is 0 Å². The first-order valence-corrected chi connectivity index (χ1v) is 9.29. The first-order valence-electron chi connectivity index (χ1n) is 9.29. The van der Waals surface area contributed by atoms with Gasteiger partial charge in [0.1, 0.15) is 13.2 Å². The number of benzene rings is 1. The Kier molecular flexibility index (Phi) is 6.29. The van der Waals surface area contributed by atoms with Gasteiger partial charge in [-0.1, -0.05) is 29.8 Å². The molecule has 2 aromatic rings. The van der Waals surface area contributed by atoms with Crippen molar-refractivity contribution in [1.82, 2.24) is 9.88 Å². The van der Waals surface area contributed by atoms with E-state index in [1.165, 1.54) is 11.6 Å². The number of carbonyl (C=O) groups excluding carboxylic acids is 1. The second-order valence-corrected chi connectivity index (χ2v) is 6.98. The molecule has 6 nitrogen and oxygen atoms in total. The van der Waals surface area contributed by atoms with Gasteiger partial charge in [0.05, 0.1) is 12.3 Å². The molecule has 1 aromatic carbocycles. The smallest absolute Gasteiger partial charge is 0.240 e. The van der Waals surface area contributed by atoms with Gasteiger partial charge in [-0.2, -0.15) is 0 Å². The molecule has 0 radical (unpaired) electrons. The summed E-state index contributed by atoms with van der Waals surface area (Å²) in [6.07, 6.45) is 3.74. The van der Waals surface area contributed by atoms with Crippen LogP contribution in [0.5, 0.6) is 5.75 Å². The average molecular weight is 370 g/mol. The molecule has 1 N–H and O–H groups in total. The molecule has 144 valence electrons. The predicted octanol–water partition coefficient (Wildman–Crippen LogP) is 2.34. The van der Waals surface area contributed by atoms with Crippen molar-refractivity contribution >= 4 is 5.91 Å². The van der Waals surface area contributed by atoms with Gasteiger partial charge in [0, 0.05) is 24.9 Å². The van der Waals surface area contributed by atoms with E-state index >= 15 is 0 Å².